The lowest BCUT2D eigenvalue weighted by molar-refractivity contribution is 0.191. The second kappa shape index (κ2) is 13.7. The first-order chi connectivity index (χ1) is 12.2. The number of aromatic nitrogens is 1. The van der Waals surface area contributed by atoms with Crippen LogP contribution in [0.5, 0.6) is 0 Å². The summed E-state index contributed by atoms with van der Waals surface area (Å²) >= 11 is 1.77. The van der Waals surface area contributed by atoms with Gasteiger partial charge in [0, 0.05) is 31.2 Å². The molecule has 1 saturated heterocycles. The summed E-state index contributed by atoms with van der Waals surface area (Å²) in [6.07, 6.45) is 7.29. The SMILES string of the molecule is CN=C(NCCCCc1nc(C)cs1)NCCCN1CCC(C)CC1.I. The van der Waals surface area contributed by atoms with Crippen molar-refractivity contribution in [3.63, 3.8) is 0 Å². The maximum Gasteiger partial charge on any atom is 0.190 e. The largest absolute Gasteiger partial charge is 0.356 e. The summed E-state index contributed by atoms with van der Waals surface area (Å²) in [5, 5.41) is 10.2. The molecule has 1 fully saturated rings. The Morgan fingerprint density at radius 2 is 1.92 bits per heavy atom. The fourth-order valence-electron chi connectivity index (χ4n) is 3.14. The van der Waals surface area contributed by atoms with Gasteiger partial charge in [0.05, 0.1) is 5.01 Å². The van der Waals surface area contributed by atoms with Gasteiger partial charge in [0.2, 0.25) is 0 Å². The minimum absolute atomic E-state index is 0. The quantitative estimate of drug-likeness (QED) is 0.239. The van der Waals surface area contributed by atoms with Crippen molar-refractivity contribution in [3.05, 3.63) is 16.1 Å². The second-order valence-corrected chi connectivity index (χ2v) is 8.09. The van der Waals surface area contributed by atoms with Crippen molar-refractivity contribution in [2.24, 2.45) is 10.9 Å². The van der Waals surface area contributed by atoms with Crippen LogP contribution in [0, 0.1) is 12.8 Å². The third-order valence-electron chi connectivity index (χ3n) is 4.82. The van der Waals surface area contributed by atoms with Gasteiger partial charge in [-0.2, -0.15) is 0 Å². The highest BCUT2D eigenvalue weighted by atomic mass is 127. The first-order valence-corrected chi connectivity index (χ1v) is 10.6. The van der Waals surface area contributed by atoms with Gasteiger partial charge in [0.1, 0.15) is 0 Å². The van der Waals surface area contributed by atoms with Crippen LogP contribution in [-0.2, 0) is 6.42 Å². The molecule has 2 heterocycles. The molecule has 0 unspecified atom stereocenters. The number of likely N-dealkylation sites (tertiary alicyclic amines) is 1. The monoisotopic (exact) mass is 493 g/mol. The number of unbranched alkanes of at least 4 members (excludes halogenated alkanes) is 1. The molecule has 0 aliphatic carbocycles. The van der Waals surface area contributed by atoms with Gasteiger partial charge in [-0.3, -0.25) is 4.99 Å². The summed E-state index contributed by atoms with van der Waals surface area (Å²) in [5.41, 5.74) is 1.14. The fourth-order valence-corrected chi connectivity index (χ4v) is 3.96. The average Bonchev–Trinajstić information content (AvgIpc) is 3.03. The van der Waals surface area contributed by atoms with Crippen molar-refractivity contribution in [3.8, 4) is 0 Å². The van der Waals surface area contributed by atoms with E-state index in [9.17, 15) is 0 Å². The van der Waals surface area contributed by atoms with Crippen molar-refractivity contribution in [1.82, 2.24) is 20.5 Å². The van der Waals surface area contributed by atoms with Crippen molar-refractivity contribution in [1.29, 1.82) is 0 Å². The lowest BCUT2D eigenvalue weighted by Crippen LogP contribution is -2.40. The third kappa shape index (κ3) is 9.50. The van der Waals surface area contributed by atoms with Crippen LogP contribution in [0.15, 0.2) is 10.4 Å². The van der Waals surface area contributed by atoms with E-state index in [-0.39, 0.29) is 24.0 Å². The van der Waals surface area contributed by atoms with E-state index < -0.39 is 0 Å². The summed E-state index contributed by atoms with van der Waals surface area (Å²) in [6, 6.07) is 0. The molecule has 26 heavy (non-hydrogen) atoms. The number of thiazole rings is 1. The first kappa shape index (κ1) is 23.6. The zero-order chi connectivity index (χ0) is 17.9. The van der Waals surface area contributed by atoms with Crippen molar-refractivity contribution in [2.75, 3.05) is 39.8 Å². The fraction of sp³-hybridized carbons (Fsp3) is 0.789. The molecule has 2 N–H and O–H groups in total. The molecule has 0 saturated carbocycles. The Morgan fingerprint density at radius 1 is 1.23 bits per heavy atom. The number of guanidine groups is 1. The molecule has 0 atom stereocenters. The van der Waals surface area contributed by atoms with Crippen molar-refractivity contribution < 1.29 is 0 Å². The summed E-state index contributed by atoms with van der Waals surface area (Å²) in [7, 11) is 1.85. The number of piperidine rings is 1. The van der Waals surface area contributed by atoms with Crippen LogP contribution in [0.25, 0.3) is 0 Å². The van der Waals surface area contributed by atoms with E-state index >= 15 is 0 Å². The Labute approximate surface area is 180 Å². The molecular weight excluding hydrogens is 457 g/mol. The number of nitrogens with one attached hydrogen (secondary N) is 2. The van der Waals surface area contributed by atoms with E-state index in [0.717, 1.165) is 43.5 Å². The standard InChI is InChI=1S/C19H35N5S.HI/c1-16-8-13-24(14-9-16)12-6-11-22-19(20-3)21-10-5-4-7-18-23-17(2)15-25-18;/h15-16H,4-14H2,1-3H3,(H2,20,21,22);1H. The Bertz CT molecular complexity index is 512. The summed E-state index contributed by atoms with van der Waals surface area (Å²) < 4.78 is 0. The Balaban J connectivity index is 0.00000338. The normalized spacial score (nSPS) is 16.3. The molecule has 1 aliphatic rings. The molecule has 0 aromatic carbocycles. The summed E-state index contributed by atoms with van der Waals surface area (Å²) in [5.74, 6) is 1.84. The van der Waals surface area contributed by atoms with Gasteiger partial charge in [-0.1, -0.05) is 6.92 Å². The van der Waals surface area contributed by atoms with E-state index in [1.807, 2.05) is 7.05 Å². The smallest absolute Gasteiger partial charge is 0.190 e. The summed E-state index contributed by atoms with van der Waals surface area (Å²) in [4.78, 5) is 11.4. The summed E-state index contributed by atoms with van der Waals surface area (Å²) in [6.45, 7) is 10.1. The molecule has 5 nitrogen and oxygen atoms in total. The lowest BCUT2D eigenvalue weighted by atomic mass is 9.99. The van der Waals surface area contributed by atoms with Gasteiger partial charge in [0.25, 0.3) is 0 Å². The number of hydrogen-bond acceptors (Lipinski definition) is 4. The maximum absolute atomic E-state index is 4.51. The number of aliphatic imine (C=N–C) groups is 1. The van der Waals surface area contributed by atoms with Gasteiger partial charge < -0.3 is 15.5 Å². The second-order valence-electron chi connectivity index (χ2n) is 7.14. The zero-order valence-electron chi connectivity index (χ0n) is 16.6. The zero-order valence-corrected chi connectivity index (χ0v) is 19.7. The average molecular weight is 494 g/mol. The Hall–Kier alpha value is -0.410. The molecule has 7 heteroatoms. The highest BCUT2D eigenvalue weighted by Gasteiger charge is 2.14. The van der Waals surface area contributed by atoms with Crippen molar-refractivity contribution >= 4 is 41.3 Å². The molecule has 0 amide bonds. The van der Waals surface area contributed by atoms with Crippen LogP contribution in [0.4, 0.5) is 0 Å². The number of nitrogens with zero attached hydrogens (tertiary/aromatic N) is 3. The predicted octanol–water partition coefficient (Wildman–Crippen LogP) is 3.68. The molecular formula is C19H36IN5S. The topological polar surface area (TPSA) is 52.6 Å². The highest BCUT2D eigenvalue weighted by molar-refractivity contribution is 14.0. The number of hydrogen-bond donors (Lipinski definition) is 2. The lowest BCUT2D eigenvalue weighted by Gasteiger charge is -2.30. The number of aryl methyl sites for hydroxylation is 2. The van der Waals surface area contributed by atoms with Crippen molar-refractivity contribution in [2.45, 2.75) is 52.4 Å². The molecule has 0 bridgehead atoms. The minimum atomic E-state index is 0. The van der Waals surface area contributed by atoms with Crippen LogP contribution >= 0.6 is 35.3 Å². The van der Waals surface area contributed by atoms with E-state index in [1.165, 1.54) is 50.3 Å². The molecule has 1 aromatic heterocycles. The number of rotatable bonds is 9. The van der Waals surface area contributed by atoms with Gasteiger partial charge in [-0.05, 0) is 71.0 Å². The van der Waals surface area contributed by atoms with Crippen LogP contribution in [0.2, 0.25) is 0 Å². The predicted molar refractivity (Wildman–Crippen MR) is 124 cm³/mol. The Morgan fingerprint density at radius 3 is 2.54 bits per heavy atom. The first-order valence-electron chi connectivity index (χ1n) is 9.75. The molecule has 150 valence electrons. The minimum Gasteiger partial charge on any atom is -0.356 e. The van der Waals surface area contributed by atoms with Crippen LogP contribution in [-0.4, -0.2) is 55.6 Å². The highest BCUT2D eigenvalue weighted by Crippen LogP contribution is 2.15. The van der Waals surface area contributed by atoms with Gasteiger partial charge >= 0.3 is 0 Å². The van der Waals surface area contributed by atoms with E-state index in [2.05, 4.69) is 44.7 Å². The van der Waals surface area contributed by atoms with Crippen LogP contribution in [0.3, 0.4) is 0 Å². The van der Waals surface area contributed by atoms with E-state index in [4.69, 9.17) is 0 Å². The van der Waals surface area contributed by atoms with Gasteiger partial charge in [0.15, 0.2) is 5.96 Å². The van der Waals surface area contributed by atoms with E-state index in [1.54, 1.807) is 11.3 Å². The van der Waals surface area contributed by atoms with Gasteiger partial charge in [-0.15, -0.1) is 35.3 Å². The maximum atomic E-state index is 4.51. The third-order valence-corrected chi connectivity index (χ3v) is 5.85. The molecule has 1 aromatic rings. The molecule has 0 spiro atoms. The molecule has 0 radical (unpaired) electrons. The van der Waals surface area contributed by atoms with E-state index in [0.29, 0.717) is 0 Å². The molecule has 2 rings (SSSR count). The van der Waals surface area contributed by atoms with Gasteiger partial charge in [-0.25, -0.2) is 4.98 Å². The Kier molecular flexibility index (Phi) is 12.5. The molecule has 1 aliphatic heterocycles. The van der Waals surface area contributed by atoms with Crippen LogP contribution in [0.1, 0.15) is 49.7 Å². The number of halogens is 1. The van der Waals surface area contributed by atoms with Crippen LogP contribution < -0.4 is 10.6 Å².